The average molecular weight is 490 g/mol. The Morgan fingerprint density at radius 1 is 1.17 bits per heavy atom. The van der Waals surface area contributed by atoms with E-state index in [4.69, 9.17) is 14.2 Å². The minimum absolute atomic E-state index is 0.223. The molecule has 0 saturated carbocycles. The van der Waals surface area contributed by atoms with Crippen LogP contribution in [0.4, 0.5) is 10.5 Å². The molecular formula is C28H31N3O5. The van der Waals surface area contributed by atoms with Crippen molar-refractivity contribution in [2.75, 3.05) is 13.6 Å². The molecule has 1 saturated heterocycles. The van der Waals surface area contributed by atoms with Crippen molar-refractivity contribution < 1.29 is 24.1 Å². The molecule has 2 aromatic rings. The van der Waals surface area contributed by atoms with Gasteiger partial charge < -0.3 is 24.2 Å². The van der Waals surface area contributed by atoms with Crippen molar-refractivity contribution in [2.45, 2.75) is 62.9 Å². The lowest BCUT2D eigenvalue weighted by Crippen LogP contribution is -2.64. The molecular weight excluding hydrogens is 458 g/mol. The van der Waals surface area contributed by atoms with Crippen molar-refractivity contribution in [1.29, 1.82) is 0 Å². The summed E-state index contributed by atoms with van der Waals surface area (Å²) >= 11 is 0. The number of amides is 1. The van der Waals surface area contributed by atoms with Gasteiger partial charge in [-0.2, -0.15) is 0 Å². The van der Waals surface area contributed by atoms with E-state index in [1.54, 1.807) is 45.0 Å². The van der Waals surface area contributed by atoms with Gasteiger partial charge in [0.05, 0.1) is 5.69 Å². The van der Waals surface area contributed by atoms with E-state index < -0.39 is 17.8 Å². The number of piperidine rings is 1. The Hall–Kier alpha value is -3.23. The first-order valence-corrected chi connectivity index (χ1v) is 12.5. The molecule has 36 heavy (non-hydrogen) atoms. The standard InChI is InChI=1S/C28H31N3O5/c1-27(2,3)36-26(33)30-29-17-6-8-18(9-7-17)34-22-12-5-16-15-20-19-10-11-21(32)25-28(19,13-14-31(20)4)23(16)24(22)35-25/h5-12,19-21,25,32H,13-15H2,1-4H3/t19-,20+,21-,25-,28-/m0/s1. The summed E-state index contributed by atoms with van der Waals surface area (Å²) in [5.41, 5.74) is 2.17. The van der Waals surface area contributed by atoms with Gasteiger partial charge in [-0.3, -0.25) is 0 Å². The summed E-state index contributed by atoms with van der Waals surface area (Å²) in [4.78, 5) is 14.2. The molecule has 2 bridgehead atoms. The molecule has 2 aromatic carbocycles. The van der Waals surface area contributed by atoms with Crippen molar-refractivity contribution in [3.05, 3.63) is 59.7 Å². The number of nitrogens with zero attached hydrogens (tertiary/aromatic N) is 3. The third-order valence-corrected chi connectivity index (χ3v) is 7.84. The van der Waals surface area contributed by atoms with Crippen LogP contribution in [0.5, 0.6) is 17.2 Å². The maximum Gasteiger partial charge on any atom is 0.452 e. The second-order valence-corrected chi connectivity index (χ2v) is 11.2. The molecule has 0 unspecified atom stereocenters. The van der Waals surface area contributed by atoms with Gasteiger partial charge in [-0.15, -0.1) is 5.11 Å². The van der Waals surface area contributed by atoms with Gasteiger partial charge in [0.1, 0.15) is 23.6 Å². The molecule has 5 atom stereocenters. The van der Waals surface area contributed by atoms with Crippen LogP contribution in [0.1, 0.15) is 38.3 Å². The number of carbonyl (C=O) groups excluding carboxylic acids is 1. The number of likely N-dealkylation sites (N-methyl/N-ethyl adjacent to an activating group) is 1. The molecule has 8 nitrogen and oxygen atoms in total. The van der Waals surface area contributed by atoms with E-state index >= 15 is 0 Å². The number of rotatable bonds is 3. The highest BCUT2D eigenvalue weighted by Crippen LogP contribution is 2.62. The highest BCUT2D eigenvalue weighted by Gasteiger charge is 2.64. The smallest absolute Gasteiger partial charge is 0.452 e. The van der Waals surface area contributed by atoms with E-state index in [2.05, 4.69) is 34.3 Å². The molecule has 0 radical (unpaired) electrons. The predicted octanol–water partition coefficient (Wildman–Crippen LogP) is 5.30. The Labute approximate surface area is 210 Å². The molecule has 6 rings (SSSR count). The molecule has 8 heteroatoms. The highest BCUT2D eigenvalue weighted by atomic mass is 16.6. The van der Waals surface area contributed by atoms with Gasteiger partial charge >= 0.3 is 6.09 Å². The minimum Gasteiger partial charge on any atom is -0.482 e. The summed E-state index contributed by atoms with van der Waals surface area (Å²) in [6.45, 7) is 6.31. The molecule has 2 aliphatic carbocycles. The highest BCUT2D eigenvalue weighted by molar-refractivity contribution is 5.68. The number of ether oxygens (including phenoxy) is 3. The number of azo groups is 1. The second kappa shape index (κ2) is 8.15. The summed E-state index contributed by atoms with van der Waals surface area (Å²) in [6.07, 6.45) is 4.33. The number of hydrogen-bond donors (Lipinski definition) is 1. The second-order valence-electron chi connectivity index (χ2n) is 11.2. The summed E-state index contributed by atoms with van der Waals surface area (Å²) in [6, 6.07) is 11.5. The summed E-state index contributed by atoms with van der Waals surface area (Å²) < 4.78 is 18.0. The number of aliphatic hydroxyl groups is 1. The van der Waals surface area contributed by atoms with Crippen LogP contribution in [0.25, 0.3) is 0 Å². The van der Waals surface area contributed by atoms with Gasteiger partial charge in [0.15, 0.2) is 11.5 Å². The fourth-order valence-electron chi connectivity index (χ4n) is 6.40. The van der Waals surface area contributed by atoms with E-state index in [0.717, 1.165) is 25.1 Å². The van der Waals surface area contributed by atoms with Crippen LogP contribution < -0.4 is 9.47 Å². The van der Waals surface area contributed by atoms with Crippen LogP contribution in [0.3, 0.4) is 0 Å². The number of likely N-dealkylation sites (tertiary alicyclic amines) is 1. The van der Waals surface area contributed by atoms with Gasteiger partial charge in [-0.05, 0) is 83.1 Å². The monoisotopic (exact) mass is 489 g/mol. The van der Waals surface area contributed by atoms with E-state index in [0.29, 0.717) is 29.1 Å². The lowest BCUT2D eigenvalue weighted by molar-refractivity contribution is -0.0452. The Morgan fingerprint density at radius 3 is 2.69 bits per heavy atom. The molecule has 188 valence electrons. The minimum atomic E-state index is -0.732. The lowest BCUT2D eigenvalue weighted by atomic mass is 9.53. The van der Waals surface area contributed by atoms with Gasteiger partial charge in [0.25, 0.3) is 0 Å². The molecule has 1 spiro atoms. The maximum atomic E-state index is 11.8. The molecule has 0 aromatic heterocycles. The van der Waals surface area contributed by atoms with Crippen molar-refractivity contribution in [3.63, 3.8) is 0 Å². The summed E-state index contributed by atoms with van der Waals surface area (Å²) in [5, 5.41) is 18.5. The van der Waals surface area contributed by atoms with Crippen LogP contribution in [-0.2, 0) is 16.6 Å². The Morgan fingerprint density at radius 2 is 1.94 bits per heavy atom. The fourth-order valence-corrected chi connectivity index (χ4v) is 6.40. The summed E-state index contributed by atoms with van der Waals surface area (Å²) in [5.74, 6) is 2.32. The van der Waals surface area contributed by atoms with Crippen molar-refractivity contribution in [1.82, 2.24) is 4.90 Å². The first kappa shape index (κ1) is 23.2. The van der Waals surface area contributed by atoms with Gasteiger partial charge in [-0.25, -0.2) is 4.79 Å². The normalized spacial score (nSPS) is 30.1. The first-order valence-electron chi connectivity index (χ1n) is 12.5. The van der Waals surface area contributed by atoms with Crippen molar-refractivity contribution >= 4 is 11.8 Å². The third-order valence-electron chi connectivity index (χ3n) is 7.84. The lowest BCUT2D eigenvalue weighted by Gasteiger charge is -2.56. The average Bonchev–Trinajstić information content (AvgIpc) is 3.18. The number of benzene rings is 2. The predicted molar refractivity (Wildman–Crippen MR) is 133 cm³/mol. The Bertz CT molecular complexity index is 1270. The quantitative estimate of drug-likeness (QED) is 0.464. The van der Waals surface area contributed by atoms with E-state index in [1.807, 2.05) is 12.1 Å². The molecule has 1 amide bonds. The third kappa shape index (κ3) is 3.62. The van der Waals surface area contributed by atoms with Crippen LogP contribution in [-0.4, -0.2) is 53.5 Å². The van der Waals surface area contributed by atoms with Crippen LogP contribution in [0.15, 0.2) is 58.8 Å². The van der Waals surface area contributed by atoms with Crippen LogP contribution in [0, 0.1) is 5.92 Å². The molecule has 2 heterocycles. The first-order chi connectivity index (χ1) is 17.2. The number of hydrogen-bond acceptors (Lipinski definition) is 7. The van der Waals surface area contributed by atoms with Crippen molar-refractivity contribution in [2.24, 2.45) is 16.1 Å². The van der Waals surface area contributed by atoms with Crippen LogP contribution >= 0.6 is 0 Å². The SMILES string of the molecule is CN1CC[C@]23c4c5ccc(Oc6ccc(N=NC(=O)OC(C)(C)C)cc6)c4O[C@H]2[C@@H](O)C=C[C@H]3[C@H]1C5. The van der Waals surface area contributed by atoms with E-state index in [-0.39, 0.29) is 11.5 Å². The number of aliphatic hydroxyl groups excluding tert-OH is 1. The van der Waals surface area contributed by atoms with Gasteiger partial charge in [0, 0.05) is 22.9 Å². The topological polar surface area (TPSA) is 93.0 Å². The fraction of sp³-hybridized carbons (Fsp3) is 0.464. The molecule has 2 aliphatic heterocycles. The zero-order chi connectivity index (χ0) is 25.2. The molecule has 1 fully saturated rings. The number of carbonyl (C=O) groups is 1. The van der Waals surface area contributed by atoms with E-state index in [1.165, 1.54) is 11.1 Å². The van der Waals surface area contributed by atoms with Gasteiger partial charge in [0.2, 0.25) is 0 Å². The largest absolute Gasteiger partial charge is 0.482 e. The van der Waals surface area contributed by atoms with Gasteiger partial charge in [-0.1, -0.05) is 23.3 Å². The molecule has 1 N–H and O–H groups in total. The zero-order valence-electron chi connectivity index (χ0n) is 21.0. The molecule has 4 aliphatic rings. The Balaban J connectivity index is 1.27. The zero-order valence-corrected chi connectivity index (χ0v) is 21.0. The van der Waals surface area contributed by atoms with Crippen LogP contribution in [0.2, 0.25) is 0 Å². The van der Waals surface area contributed by atoms with E-state index in [9.17, 15) is 9.90 Å². The van der Waals surface area contributed by atoms with Crippen molar-refractivity contribution in [3.8, 4) is 17.2 Å². The maximum absolute atomic E-state index is 11.8. The summed E-state index contributed by atoms with van der Waals surface area (Å²) in [7, 11) is 2.20. The Kier molecular flexibility index (Phi) is 5.25.